The zero-order valence-electron chi connectivity index (χ0n) is 8.70. The highest BCUT2D eigenvalue weighted by atomic mass is 15.1. The van der Waals surface area contributed by atoms with Gasteiger partial charge in [-0.1, -0.05) is 0 Å². The molecule has 2 heterocycles. The number of rotatable bonds is 4. The van der Waals surface area contributed by atoms with Gasteiger partial charge in [0.25, 0.3) is 0 Å². The van der Waals surface area contributed by atoms with Crippen molar-refractivity contribution in [2.45, 2.75) is 6.42 Å². The normalized spacial score (nSPS) is 10.5. The van der Waals surface area contributed by atoms with E-state index in [9.17, 15) is 0 Å². The molecule has 0 saturated carbocycles. The van der Waals surface area contributed by atoms with Crippen LogP contribution in [0.25, 0.3) is 11.3 Å². The fourth-order valence-electron chi connectivity index (χ4n) is 1.52. The first kappa shape index (κ1) is 9.86. The summed E-state index contributed by atoms with van der Waals surface area (Å²) in [5, 5.41) is 10.2. The Morgan fingerprint density at radius 3 is 3.07 bits per heavy atom. The van der Waals surface area contributed by atoms with Crippen molar-refractivity contribution in [3.63, 3.8) is 0 Å². The summed E-state index contributed by atoms with van der Waals surface area (Å²) >= 11 is 0. The zero-order valence-corrected chi connectivity index (χ0v) is 8.70. The summed E-state index contributed by atoms with van der Waals surface area (Å²) in [5.41, 5.74) is 3.37. The third-order valence-electron chi connectivity index (χ3n) is 2.31. The number of pyridine rings is 1. The molecule has 0 unspecified atom stereocenters. The van der Waals surface area contributed by atoms with Crippen LogP contribution in [0.15, 0.2) is 30.7 Å². The van der Waals surface area contributed by atoms with E-state index in [1.807, 2.05) is 31.6 Å². The van der Waals surface area contributed by atoms with Crippen LogP contribution < -0.4 is 5.32 Å². The smallest absolute Gasteiger partial charge is 0.0698 e. The Hall–Kier alpha value is -1.68. The maximum Gasteiger partial charge on any atom is 0.0698 e. The molecule has 0 atom stereocenters. The van der Waals surface area contributed by atoms with Crippen molar-refractivity contribution >= 4 is 0 Å². The van der Waals surface area contributed by atoms with Gasteiger partial charge in [-0.3, -0.25) is 10.1 Å². The van der Waals surface area contributed by atoms with E-state index in [4.69, 9.17) is 0 Å². The van der Waals surface area contributed by atoms with Crippen molar-refractivity contribution in [2.24, 2.45) is 0 Å². The molecule has 2 aromatic heterocycles. The monoisotopic (exact) mass is 202 g/mol. The number of nitrogens with zero attached hydrogens (tertiary/aromatic N) is 2. The van der Waals surface area contributed by atoms with Gasteiger partial charge in [0, 0.05) is 18.0 Å². The number of aromatic nitrogens is 3. The molecule has 0 aliphatic rings. The fraction of sp³-hybridized carbons (Fsp3) is 0.273. The zero-order chi connectivity index (χ0) is 10.5. The van der Waals surface area contributed by atoms with E-state index in [1.54, 1.807) is 6.20 Å². The fourth-order valence-corrected chi connectivity index (χ4v) is 1.52. The highest BCUT2D eigenvalue weighted by Crippen LogP contribution is 2.19. The number of hydrogen-bond donors (Lipinski definition) is 2. The van der Waals surface area contributed by atoms with Crippen molar-refractivity contribution in [1.29, 1.82) is 0 Å². The number of nitrogens with one attached hydrogen (secondary N) is 2. The summed E-state index contributed by atoms with van der Waals surface area (Å²) < 4.78 is 0. The van der Waals surface area contributed by atoms with Crippen LogP contribution in [0, 0.1) is 0 Å². The van der Waals surface area contributed by atoms with Gasteiger partial charge in [0.15, 0.2) is 0 Å². The summed E-state index contributed by atoms with van der Waals surface area (Å²) in [6, 6.07) is 3.96. The van der Waals surface area contributed by atoms with E-state index in [0.29, 0.717) is 0 Å². The highest BCUT2D eigenvalue weighted by Gasteiger charge is 2.06. The van der Waals surface area contributed by atoms with Gasteiger partial charge >= 0.3 is 0 Å². The molecule has 0 amide bonds. The minimum Gasteiger partial charge on any atom is -0.319 e. The van der Waals surface area contributed by atoms with Crippen molar-refractivity contribution in [1.82, 2.24) is 20.5 Å². The molecule has 2 rings (SSSR count). The van der Waals surface area contributed by atoms with Crippen LogP contribution in [-0.4, -0.2) is 28.8 Å². The molecule has 2 aromatic rings. The highest BCUT2D eigenvalue weighted by molar-refractivity contribution is 5.61. The van der Waals surface area contributed by atoms with Gasteiger partial charge in [-0.25, -0.2) is 0 Å². The Bertz CT molecular complexity index is 408. The van der Waals surface area contributed by atoms with Crippen LogP contribution in [0.4, 0.5) is 0 Å². The summed E-state index contributed by atoms with van der Waals surface area (Å²) in [4.78, 5) is 4.10. The van der Waals surface area contributed by atoms with Crippen LogP contribution >= 0.6 is 0 Å². The average Bonchev–Trinajstić information content (AvgIpc) is 2.75. The minimum atomic E-state index is 0.951. The molecule has 78 valence electrons. The third kappa shape index (κ3) is 2.22. The molecule has 0 aliphatic heterocycles. The predicted octanol–water partition coefficient (Wildman–Crippen LogP) is 1.23. The molecule has 2 N–H and O–H groups in total. The number of hydrogen-bond acceptors (Lipinski definition) is 3. The molecular weight excluding hydrogens is 188 g/mol. The van der Waals surface area contributed by atoms with Gasteiger partial charge in [0.2, 0.25) is 0 Å². The molecule has 0 aliphatic carbocycles. The third-order valence-corrected chi connectivity index (χ3v) is 2.31. The van der Waals surface area contributed by atoms with Gasteiger partial charge in [-0.2, -0.15) is 5.10 Å². The molecule has 0 aromatic carbocycles. The van der Waals surface area contributed by atoms with Crippen LogP contribution in [0.2, 0.25) is 0 Å². The van der Waals surface area contributed by atoms with Crippen LogP contribution in [0.1, 0.15) is 5.56 Å². The summed E-state index contributed by atoms with van der Waals surface area (Å²) in [5.74, 6) is 0. The van der Waals surface area contributed by atoms with E-state index in [1.165, 1.54) is 5.56 Å². The Kier molecular flexibility index (Phi) is 3.09. The van der Waals surface area contributed by atoms with Crippen molar-refractivity contribution in [3.05, 3.63) is 36.3 Å². The Balaban J connectivity index is 2.25. The van der Waals surface area contributed by atoms with Crippen LogP contribution in [-0.2, 0) is 6.42 Å². The predicted molar refractivity (Wildman–Crippen MR) is 59.4 cm³/mol. The number of aromatic amines is 1. The van der Waals surface area contributed by atoms with E-state index in [2.05, 4.69) is 20.5 Å². The first-order valence-corrected chi connectivity index (χ1v) is 4.99. The first-order chi connectivity index (χ1) is 7.42. The minimum absolute atomic E-state index is 0.951. The summed E-state index contributed by atoms with van der Waals surface area (Å²) in [7, 11) is 1.95. The van der Waals surface area contributed by atoms with E-state index in [0.717, 1.165) is 24.2 Å². The quantitative estimate of drug-likeness (QED) is 0.784. The van der Waals surface area contributed by atoms with Crippen LogP contribution in [0.5, 0.6) is 0 Å². The van der Waals surface area contributed by atoms with Gasteiger partial charge in [0.05, 0.1) is 11.9 Å². The molecule has 4 nitrogen and oxygen atoms in total. The second-order valence-corrected chi connectivity index (χ2v) is 3.37. The SMILES string of the molecule is CNCCc1cn[nH]c1-c1cccnc1. The second-order valence-electron chi connectivity index (χ2n) is 3.37. The summed E-state index contributed by atoms with van der Waals surface area (Å²) in [6.45, 7) is 0.951. The molecule has 0 radical (unpaired) electrons. The molecule has 0 spiro atoms. The van der Waals surface area contributed by atoms with Gasteiger partial charge in [-0.05, 0) is 37.7 Å². The van der Waals surface area contributed by atoms with E-state index in [-0.39, 0.29) is 0 Å². The maximum absolute atomic E-state index is 4.10. The molecule has 0 saturated heterocycles. The standard InChI is InChI=1S/C11H14N4/c1-12-6-4-10-8-14-15-11(10)9-3-2-5-13-7-9/h2-3,5,7-8,12H,4,6H2,1H3,(H,14,15). The largest absolute Gasteiger partial charge is 0.319 e. The van der Waals surface area contributed by atoms with Crippen molar-refractivity contribution in [2.75, 3.05) is 13.6 Å². The first-order valence-electron chi connectivity index (χ1n) is 4.99. The average molecular weight is 202 g/mol. The molecule has 0 bridgehead atoms. The topological polar surface area (TPSA) is 53.6 Å². The lowest BCUT2D eigenvalue weighted by atomic mass is 10.1. The lowest BCUT2D eigenvalue weighted by Crippen LogP contribution is -2.10. The Labute approximate surface area is 88.8 Å². The Morgan fingerprint density at radius 2 is 2.33 bits per heavy atom. The maximum atomic E-state index is 4.10. The van der Waals surface area contributed by atoms with Crippen LogP contribution in [0.3, 0.4) is 0 Å². The van der Waals surface area contributed by atoms with Gasteiger partial charge < -0.3 is 5.32 Å². The second kappa shape index (κ2) is 4.70. The molecular formula is C11H14N4. The van der Waals surface area contributed by atoms with Gasteiger partial charge in [0.1, 0.15) is 0 Å². The Morgan fingerprint density at radius 1 is 1.40 bits per heavy atom. The number of likely N-dealkylation sites (N-methyl/N-ethyl adjacent to an activating group) is 1. The lowest BCUT2D eigenvalue weighted by Gasteiger charge is -2.02. The van der Waals surface area contributed by atoms with E-state index < -0.39 is 0 Å². The number of H-pyrrole nitrogens is 1. The molecule has 15 heavy (non-hydrogen) atoms. The van der Waals surface area contributed by atoms with E-state index >= 15 is 0 Å². The van der Waals surface area contributed by atoms with Gasteiger partial charge in [-0.15, -0.1) is 0 Å². The summed E-state index contributed by atoms with van der Waals surface area (Å²) in [6.07, 6.45) is 6.46. The van der Waals surface area contributed by atoms with Crippen molar-refractivity contribution < 1.29 is 0 Å². The lowest BCUT2D eigenvalue weighted by molar-refractivity contribution is 0.793. The van der Waals surface area contributed by atoms with Crippen molar-refractivity contribution in [3.8, 4) is 11.3 Å². The molecule has 4 heteroatoms. The molecule has 0 fully saturated rings.